The number of carbonyl (C=O) groups is 4. The molecule has 0 saturated carbocycles. The molecule has 8 nitrogen and oxygen atoms in total. The third-order valence-electron chi connectivity index (χ3n) is 5.16. The number of benzene rings is 2. The molecule has 0 radical (unpaired) electrons. The number of nitrogens with zero attached hydrogens (tertiary/aromatic N) is 1. The Morgan fingerprint density at radius 3 is 2.45 bits per heavy atom. The second kappa shape index (κ2) is 9.88. The van der Waals surface area contributed by atoms with Crippen LogP contribution in [0.4, 0.5) is 5.69 Å². The zero-order chi connectivity index (χ0) is 22.4. The van der Waals surface area contributed by atoms with Gasteiger partial charge in [-0.1, -0.05) is 30.3 Å². The number of primary amides is 1. The molecular weight excluding hydrogens is 398 g/mol. The van der Waals surface area contributed by atoms with Gasteiger partial charge in [-0.25, -0.2) is 0 Å². The van der Waals surface area contributed by atoms with Crippen molar-refractivity contribution in [2.75, 3.05) is 18.4 Å². The first kappa shape index (κ1) is 22.0. The molecule has 1 fully saturated rings. The highest BCUT2D eigenvalue weighted by Gasteiger charge is 2.36. The first-order valence-electron chi connectivity index (χ1n) is 10.1. The van der Waals surface area contributed by atoms with E-state index in [2.05, 4.69) is 5.32 Å². The van der Waals surface area contributed by atoms with Crippen LogP contribution in [-0.2, 0) is 25.5 Å². The summed E-state index contributed by atoms with van der Waals surface area (Å²) >= 11 is 0. The molecule has 0 aliphatic carbocycles. The molecule has 3 amide bonds. The summed E-state index contributed by atoms with van der Waals surface area (Å²) in [4.78, 5) is 49.8. The predicted octanol–water partition coefficient (Wildman–Crippen LogP) is 1.75. The summed E-state index contributed by atoms with van der Waals surface area (Å²) < 4.78 is 5.29. The monoisotopic (exact) mass is 423 g/mol. The molecule has 1 aliphatic heterocycles. The van der Waals surface area contributed by atoms with Crippen molar-refractivity contribution < 1.29 is 23.9 Å². The van der Waals surface area contributed by atoms with Crippen molar-refractivity contribution in [3.63, 3.8) is 0 Å². The molecule has 0 unspecified atom stereocenters. The van der Waals surface area contributed by atoms with Crippen molar-refractivity contribution in [2.24, 2.45) is 11.7 Å². The Kier molecular flexibility index (Phi) is 7.02. The van der Waals surface area contributed by atoms with Crippen molar-refractivity contribution in [3.05, 3.63) is 65.7 Å². The van der Waals surface area contributed by atoms with Gasteiger partial charge in [-0.3, -0.25) is 19.2 Å². The standard InChI is InChI=1S/C23H25N3O5/c1-15(22(29)25-19-9-7-17(8-10-19)21(24)28)31-23(30)18-13-20(27)26(14-18)12-11-16-5-3-2-4-6-16/h2-10,15,18H,11-14H2,1H3,(H2,24,28)(H,25,29)/t15-,18+/m0/s1. The number of nitrogens with one attached hydrogen (secondary N) is 1. The number of hydrogen-bond acceptors (Lipinski definition) is 5. The normalized spacial score (nSPS) is 16.6. The van der Waals surface area contributed by atoms with Crippen LogP contribution in [0.5, 0.6) is 0 Å². The minimum atomic E-state index is -1.03. The Balaban J connectivity index is 1.48. The van der Waals surface area contributed by atoms with E-state index in [4.69, 9.17) is 10.5 Å². The third-order valence-corrected chi connectivity index (χ3v) is 5.16. The fourth-order valence-electron chi connectivity index (χ4n) is 3.34. The molecule has 1 saturated heterocycles. The summed E-state index contributed by atoms with van der Waals surface area (Å²) in [7, 11) is 0. The van der Waals surface area contributed by atoms with Gasteiger partial charge in [-0.05, 0) is 43.2 Å². The molecule has 1 aliphatic rings. The summed E-state index contributed by atoms with van der Waals surface area (Å²) in [5.41, 5.74) is 7.07. The second-order valence-corrected chi connectivity index (χ2v) is 7.49. The Morgan fingerprint density at radius 1 is 1.13 bits per heavy atom. The fourth-order valence-corrected chi connectivity index (χ4v) is 3.34. The lowest BCUT2D eigenvalue weighted by Gasteiger charge is -2.18. The molecular formula is C23H25N3O5. The topological polar surface area (TPSA) is 119 Å². The number of carbonyl (C=O) groups excluding carboxylic acids is 4. The quantitative estimate of drug-likeness (QED) is 0.627. The number of likely N-dealkylation sites (tertiary alicyclic amines) is 1. The summed E-state index contributed by atoms with van der Waals surface area (Å²) in [6.45, 7) is 2.28. The Labute approximate surface area is 180 Å². The van der Waals surface area contributed by atoms with Crippen LogP contribution in [0, 0.1) is 5.92 Å². The van der Waals surface area contributed by atoms with Crippen molar-refractivity contribution in [1.82, 2.24) is 4.90 Å². The van der Waals surface area contributed by atoms with Gasteiger partial charge >= 0.3 is 5.97 Å². The molecule has 3 N–H and O–H groups in total. The maximum absolute atomic E-state index is 12.5. The molecule has 3 rings (SSSR count). The van der Waals surface area contributed by atoms with E-state index in [0.717, 1.165) is 5.56 Å². The molecule has 1 heterocycles. The summed E-state index contributed by atoms with van der Waals surface area (Å²) in [5.74, 6) is -2.32. The fraction of sp³-hybridized carbons (Fsp3) is 0.304. The molecule has 8 heteroatoms. The molecule has 2 atom stereocenters. The largest absolute Gasteiger partial charge is 0.452 e. The Bertz CT molecular complexity index is 959. The smallest absolute Gasteiger partial charge is 0.312 e. The van der Waals surface area contributed by atoms with E-state index in [9.17, 15) is 19.2 Å². The Morgan fingerprint density at radius 2 is 1.81 bits per heavy atom. The van der Waals surface area contributed by atoms with Crippen LogP contribution in [0.1, 0.15) is 29.3 Å². The molecule has 31 heavy (non-hydrogen) atoms. The van der Waals surface area contributed by atoms with Crippen LogP contribution in [0.3, 0.4) is 0 Å². The lowest BCUT2D eigenvalue weighted by atomic mass is 10.1. The average Bonchev–Trinajstić information content (AvgIpc) is 3.14. The maximum atomic E-state index is 12.5. The first-order chi connectivity index (χ1) is 14.8. The second-order valence-electron chi connectivity index (χ2n) is 7.49. The highest BCUT2D eigenvalue weighted by Crippen LogP contribution is 2.20. The van der Waals surface area contributed by atoms with Crippen LogP contribution in [0.25, 0.3) is 0 Å². The van der Waals surface area contributed by atoms with Crippen LogP contribution in [0.2, 0.25) is 0 Å². The number of rotatable bonds is 8. The van der Waals surface area contributed by atoms with Gasteiger partial charge in [0, 0.05) is 30.8 Å². The molecule has 2 aromatic carbocycles. The number of esters is 1. The number of hydrogen-bond donors (Lipinski definition) is 2. The SMILES string of the molecule is C[C@H](OC(=O)[C@@H]1CC(=O)N(CCc2ccccc2)C1)C(=O)Nc1ccc(C(N)=O)cc1. The number of nitrogens with two attached hydrogens (primary N) is 1. The number of anilines is 1. The van der Waals surface area contributed by atoms with Crippen molar-refractivity contribution >= 4 is 29.4 Å². The zero-order valence-corrected chi connectivity index (χ0v) is 17.2. The molecule has 162 valence electrons. The van der Waals surface area contributed by atoms with E-state index in [-0.39, 0.29) is 18.9 Å². The van der Waals surface area contributed by atoms with Crippen molar-refractivity contribution in [2.45, 2.75) is 25.9 Å². The van der Waals surface area contributed by atoms with E-state index in [1.165, 1.54) is 31.2 Å². The molecule has 0 aromatic heterocycles. The molecule has 0 bridgehead atoms. The maximum Gasteiger partial charge on any atom is 0.312 e. The first-order valence-corrected chi connectivity index (χ1v) is 10.1. The average molecular weight is 423 g/mol. The highest BCUT2D eigenvalue weighted by atomic mass is 16.5. The van der Waals surface area contributed by atoms with E-state index >= 15 is 0 Å². The number of amides is 3. The van der Waals surface area contributed by atoms with Gasteiger partial charge in [-0.2, -0.15) is 0 Å². The van der Waals surface area contributed by atoms with Gasteiger partial charge < -0.3 is 20.7 Å². The molecule has 0 spiro atoms. The summed E-state index contributed by atoms with van der Waals surface area (Å²) in [6.07, 6.45) is -0.241. The summed E-state index contributed by atoms with van der Waals surface area (Å²) in [6, 6.07) is 15.9. The zero-order valence-electron chi connectivity index (χ0n) is 17.2. The minimum Gasteiger partial charge on any atom is -0.452 e. The van der Waals surface area contributed by atoms with Gasteiger partial charge in [0.25, 0.3) is 5.91 Å². The van der Waals surface area contributed by atoms with Gasteiger partial charge in [0.15, 0.2) is 6.10 Å². The van der Waals surface area contributed by atoms with Crippen molar-refractivity contribution in [1.29, 1.82) is 0 Å². The van der Waals surface area contributed by atoms with Crippen LogP contribution >= 0.6 is 0 Å². The highest BCUT2D eigenvalue weighted by molar-refractivity contribution is 5.97. The van der Waals surface area contributed by atoms with E-state index in [1.807, 2.05) is 30.3 Å². The number of ether oxygens (including phenoxy) is 1. The summed E-state index contributed by atoms with van der Waals surface area (Å²) in [5, 5.41) is 2.61. The predicted molar refractivity (Wildman–Crippen MR) is 114 cm³/mol. The van der Waals surface area contributed by atoms with E-state index < -0.39 is 29.8 Å². The van der Waals surface area contributed by atoms with E-state index in [0.29, 0.717) is 24.2 Å². The minimum absolute atomic E-state index is 0.0799. The lowest BCUT2D eigenvalue weighted by molar-refractivity contribution is -0.157. The van der Waals surface area contributed by atoms with Gasteiger partial charge in [0.05, 0.1) is 5.92 Å². The van der Waals surface area contributed by atoms with E-state index in [1.54, 1.807) is 4.90 Å². The lowest BCUT2D eigenvalue weighted by Crippen LogP contribution is -2.33. The van der Waals surface area contributed by atoms with Gasteiger partial charge in [0.2, 0.25) is 11.8 Å². The van der Waals surface area contributed by atoms with Crippen molar-refractivity contribution in [3.8, 4) is 0 Å². The third kappa shape index (κ3) is 5.91. The van der Waals surface area contributed by atoms with Crippen LogP contribution in [-0.4, -0.2) is 47.8 Å². The Hall–Kier alpha value is -3.68. The van der Waals surface area contributed by atoms with Crippen LogP contribution in [0.15, 0.2) is 54.6 Å². The van der Waals surface area contributed by atoms with Gasteiger partial charge in [0.1, 0.15) is 0 Å². The van der Waals surface area contributed by atoms with Crippen LogP contribution < -0.4 is 11.1 Å². The van der Waals surface area contributed by atoms with Gasteiger partial charge in [-0.15, -0.1) is 0 Å². The molecule has 2 aromatic rings.